The van der Waals surface area contributed by atoms with Crippen LogP contribution < -0.4 is 10.0 Å². The Morgan fingerprint density at radius 3 is 2.53 bits per heavy atom. The normalized spacial score (nSPS) is 20.8. The number of carboxylic acid groups (broad SMARTS) is 1. The summed E-state index contributed by atoms with van der Waals surface area (Å²) in [6.45, 7) is 3.81. The number of sulfonamides is 1. The van der Waals surface area contributed by atoms with Crippen LogP contribution in [-0.4, -0.2) is 19.5 Å². The molecule has 0 bridgehead atoms. The number of rotatable bonds is 5. The van der Waals surface area contributed by atoms with Crippen molar-refractivity contribution < 1.29 is 18.3 Å². The first kappa shape index (κ1) is 22.2. The van der Waals surface area contributed by atoms with E-state index in [1.807, 2.05) is 50.2 Å². The van der Waals surface area contributed by atoms with Crippen molar-refractivity contribution in [2.24, 2.45) is 5.92 Å². The Morgan fingerprint density at radius 2 is 1.79 bits per heavy atom. The Kier molecular flexibility index (Phi) is 5.44. The first-order valence-electron chi connectivity index (χ1n) is 11.2. The van der Waals surface area contributed by atoms with E-state index < -0.39 is 16.0 Å². The van der Waals surface area contributed by atoms with Gasteiger partial charge < -0.3 is 10.4 Å². The highest BCUT2D eigenvalue weighted by Gasteiger charge is 2.38. The van der Waals surface area contributed by atoms with Crippen molar-refractivity contribution in [1.29, 1.82) is 0 Å². The van der Waals surface area contributed by atoms with E-state index in [1.165, 1.54) is 0 Å². The van der Waals surface area contributed by atoms with Gasteiger partial charge in [-0.1, -0.05) is 36.4 Å². The molecule has 0 fully saturated rings. The van der Waals surface area contributed by atoms with Gasteiger partial charge >= 0.3 is 5.97 Å². The smallest absolute Gasteiger partial charge is 0.335 e. The third kappa shape index (κ3) is 3.96. The molecular formula is C27H26N2O4S. The summed E-state index contributed by atoms with van der Waals surface area (Å²) in [6.07, 6.45) is 5.15. The molecule has 2 aliphatic rings. The SMILES string of the molecule is Cc1ccc(C)c(NS(=O)(=O)c2ccc3c(c2)[C@H]2C=CC[C@H]2[C@@H](c2ccc(C(=O)O)cc2)N3)c1. The van der Waals surface area contributed by atoms with Gasteiger partial charge in [0.15, 0.2) is 0 Å². The molecule has 6 nitrogen and oxygen atoms in total. The zero-order chi connectivity index (χ0) is 24.0. The van der Waals surface area contributed by atoms with Gasteiger partial charge in [0, 0.05) is 11.6 Å². The van der Waals surface area contributed by atoms with E-state index in [4.69, 9.17) is 0 Å². The minimum atomic E-state index is -3.75. The van der Waals surface area contributed by atoms with Crippen LogP contribution in [0.1, 0.15) is 51.0 Å². The van der Waals surface area contributed by atoms with E-state index in [0.29, 0.717) is 5.69 Å². The summed E-state index contributed by atoms with van der Waals surface area (Å²) >= 11 is 0. The van der Waals surface area contributed by atoms with E-state index in [-0.39, 0.29) is 28.3 Å². The predicted octanol–water partition coefficient (Wildman–Crippen LogP) is 5.63. The molecule has 0 saturated heterocycles. The molecule has 0 unspecified atom stereocenters. The second-order valence-electron chi connectivity index (χ2n) is 9.08. The predicted molar refractivity (Wildman–Crippen MR) is 133 cm³/mol. The second kappa shape index (κ2) is 8.33. The molecule has 3 N–H and O–H groups in total. The third-order valence-corrected chi connectivity index (χ3v) is 8.16. The van der Waals surface area contributed by atoms with Gasteiger partial charge in [-0.15, -0.1) is 0 Å². The molecule has 0 spiro atoms. The molecule has 3 aromatic rings. The van der Waals surface area contributed by atoms with E-state index in [0.717, 1.165) is 34.4 Å². The topological polar surface area (TPSA) is 95.5 Å². The van der Waals surface area contributed by atoms with Gasteiger partial charge in [0.05, 0.1) is 22.2 Å². The first-order valence-corrected chi connectivity index (χ1v) is 12.7. The summed E-state index contributed by atoms with van der Waals surface area (Å²) in [4.78, 5) is 11.5. The Balaban J connectivity index is 1.47. The van der Waals surface area contributed by atoms with E-state index in [2.05, 4.69) is 22.2 Å². The molecule has 3 atom stereocenters. The number of carbonyl (C=O) groups is 1. The lowest BCUT2D eigenvalue weighted by Crippen LogP contribution is -2.29. The molecular weight excluding hydrogens is 448 g/mol. The molecule has 7 heteroatoms. The van der Waals surface area contributed by atoms with Crippen LogP contribution >= 0.6 is 0 Å². The molecule has 0 amide bonds. The molecule has 5 rings (SSSR count). The Labute approximate surface area is 199 Å². The van der Waals surface area contributed by atoms with Gasteiger partial charge in [-0.05, 0) is 84.8 Å². The fraction of sp³-hybridized carbons (Fsp3) is 0.222. The number of allylic oxidation sites excluding steroid dienone is 2. The summed E-state index contributed by atoms with van der Waals surface area (Å²) in [5.74, 6) is -0.651. The quantitative estimate of drug-likeness (QED) is 0.417. The fourth-order valence-electron chi connectivity index (χ4n) is 4.95. The lowest BCUT2D eigenvalue weighted by molar-refractivity contribution is 0.0697. The third-order valence-electron chi connectivity index (χ3n) is 6.80. The zero-order valence-corrected chi connectivity index (χ0v) is 19.8. The molecule has 1 aliphatic heterocycles. The minimum Gasteiger partial charge on any atom is -0.478 e. The Bertz CT molecular complexity index is 1410. The number of aromatic carboxylic acids is 1. The summed E-state index contributed by atoms with van der Waals surface area (Å²) in [5.41, 5.74) is 5.56. The van der Waals surface area contributed by atoms with Crippen molar-refractivity contribution in [3.8, 4) is 0 Å². The van der Waals surface area contributed by atoms with Crippen molar-refractivity contribution in [3.05, 3.63) is 101 Å². The molecule has 0 aromatic heterocycles. The fourth-order valence-corrected chi connectivity index (χ4v) is 6.11. The summed E-state index contributed by atoms with van der Waals surface area (Å²) in [7, 11) is -3.75. The number of hydrogen-bond acceptors (Lipinski definition) is 4. The molecule has 3 aromatic carbocycles. The van der Waals surface area contributed by atoms with Gasteiger partial charge in [0.2, 0.25) is 0 Å². The number of nitrogens with one attached hydrogen (secondary N) is 2. The summed E-state index contributed by atoms with van der Waals surface area (Å²) in [6, 6.07) is 17.9. The standard InChI is InChI=1S/C27H26N2O4S/c1-16-6-7-17(2)25(14-16)29-34(32,33)20-12-13-24-23(15-20)21-4-3-5-22(21)26(28-24)18-8-10-19(11-9-18)27(30)31/h3-4,6-15,21-22,26,28-29H,5H2,1-2H3,(H,30,31)/t21-,22+,26+/m0/s1. The number of carboxylic acids is 1. The maximum Gasteiger partial charge on any atom is 0.335 e. The van der Waals surface area contributed by atoms with Gasteiger partial charge in [-0.25, -0.2) is 13.2 Å². The van der Waals surface area contributed by atoms with Gasteiger partial charge in [-0.2, -0.15) is 0 Å². The molecule has 0 saturated carbocycles. The van der Waals surface area contributed by atoms with Crippen LogP contribution in [0.25, 0.3) is 0 Å². The highest BCUT2D eigenvalue weighted by Crippen LogP contribution is 2.50. The van der Waals surface area contributed by atoms with Crippen molar-refractivity contribution >= 4 is 27.4 Å². The molecule has 1 aliphatic carbocycles. The summed E-state index contributed by atoms with van der Waals surface area (Å²) in [5, 5.41) is 12.8. The van der Waals surface area contributed by atoms with Crippen molar-refractivity contribution in [2.45, 2.75) is 37.1 Å². The average Bonchev–Trinajstić information content (AvgIpc) is 3.31. The lowest BCUT2D eigenvalue weighted by atomic mass is 9.77. The van der Waals surface area contributed by atoms with Gasteiger partial charge in [-0.3, -0.25) is 4.72 Å². The zero-order valence-electron chi connectivity index (χ0n) is 18.9. The number of hydrogen-bond donors (Lipinski definition) is 3. The van der Waals surface area contributed by atoms with Crippen LogP contribution in [0, 0.1) is 19.8 Å². The van der Waals surface area contributed by atoms with Crippen molar-refractivity contribution in [2.75, 3.05) is 10.0 Å². The van der Waals surface area contributed by atoms with Gasteiger partial charge in [0.1, 0.15) is 0 Å². The van der Waals surface area contributed by atoms with Crippen LogP contribution in [0.4, 0.5) is 11.4 Å². The molecule has 0 radical (unpaired) electrons. The highest BCUT2D eigenvalue weighted by molar-refractivity contribution is 7.92. The van der Waals surface area contributed by atoms with Crippen LogP contribution in [0.3, 0.4) is 0 Å². The number of benzene rings is 3. The van der Waals surface area contributed by atoms with Crippen molar-refractivity contribution in [3.63, 3.8) is 0 Å². The molecule has 174 valence electrons. The monoisotopic (exact) mass is 474 g/mol. The maximum absolute atomic E-state index is 13.2. The lowest BCUT2D eigenvalue weighted by Gasteiger charge is -2.37. The minimum absolute atomic E-state index is 0.00544. The number of fused-ring (bicyclic) bond motifs is 3. The van der Waals surface area contributed by atoms with Crippen molar-refractivity contribution in [1.82, 2.24) is 0 Å². The Hall–Kier alpha value is -3.58. The number of aryl methyl sites for hydroxylation is 2. The van der Waals surface area contributed by atoms with E-state index in [1.54, 1.807) is 24.3 Å². The Morgan fingerprint density at radius 1 is 1.03 bits per heavy atom. The van der Waals surface area contributed by atoms with Crippen LogP contribution in [0.2, 0.25) is 0 Å². The second-order valence-corrected chi connectivity index (χ2v) is 10.8. The van der Waals surface area contributed by atoms with Crippen LogP contribution in [0.15, 0.2) is 77.7 Å². The average molecular weight is 475 g/mol. The van der Waals surface area contributed by atoms with E-state index >= 15 is 0 Å². The largest absolute Gasteiger partial charge is 0.478 e. The van der Waals surface area contributed by atoms with Crippen LogP contribution in [0.5, 0.6) is 0 Å². The van der Waals surface area contributed by atoms with Gasteiger partial charge in [0.25, 0.3) is 10.0 Å². The first-order chi connectivity index (χ1) is 16.2. The summed E-state index contributed by atoms with van der Waals surface area (Å²) < 4.78 is 29.2. The molecule has 34 heavy (non-hydrogen) atoms. The highest BCUT2D eigenvalue weighted by atomic mass is 32.2. The van der Waals surface area contributed by atoms with Crippen LogP contribution in [-0.2, 0) is 10.0 Å². The number of anilines is 2. The molecule has 1 heterocycles. The van der Waals surface area contributed by atoms with E-state index in [9.17, 15) is 18.3 Å². The maximum atomic E-state index is 13.2.